The average molecular weight is 311 g/mol. The maximum Gasteiger partial charge on any atom is 0.246 e. The first-order chi connectivity index (χ1) is 9.96. The van der Waals surface area contributed by atoms with Gasteiger partial charge in [-0.25, -0.2) is 13.4 Å². The Morgan fingerprint density at radius 2 is 2.05 bits per heavy atom. The molecule has 0 amide bonds. The highest BCUT2D eigenvalue weighted by Gasteiger charge is 2.32. The van der Waals surface area contributed by atoms with E-state index in [4.69, 9.17) is 0 Å². The van der Waals surface area contributed by atoms with Crippen LogP contribution in [0, 0.1) is 11.8 Å². The maximum atomic E-state index is 12.8. The summed E-state index contributed by atoms with van der Waals surface area (Å²) in [5.74, 6) is 1.69. The van der Waals surface area contributed by atoms with Gasteiger partial charge < -0.3 is 5.32 Å². The molecule has 1 saturated heterocycles. The van der Waals surface area contributed by atoms with Gasteiger partial charge in [-0.15, -0.1) is 0 Å². The Labute approximate surface area is 127 Å². The van der Waals surface area contributed by atoms with E-state index in [1.807, 2.05) is 6.92 Å². The van der Waals surface area contributed by atoms with Gasteiger partial charge in [0.05, 0.1) is 0 Å². The number of piperidine rings is 1. The van der Waals surface area contributed by atoms with Gasteiger partial charge in [-0.3, -0.25) is 0 Å². The highest BCUT2D eigenvalue weighted by atomic mass is 32.2. The van der Waals surface area contributed by atoms with E-state index in [0.29, 0.717) is 37.3 Å². The fourth-order valence-electron chi connectivity index (χ4n) is 2.82. The van der Waals surface area contributed by atoms with Gasteiger partial charge in [0, 0.05) is 25.8 Å². The third-order valence-corrected chi connectivity index (χ3v) is 6.10. The average Bonchev–Trinajstić information content (AvgIpc) is 2.48. The molecular weight excluding hydrogens is 286 g/mol. The van der Waals surface area contributed by atoms with E-state index in [0.717, 1.165) is 12.8 Å². The van der Waals surface area contributed by atoms with Crippen LogP contribution in [0.1, 0.15) is 33.6 Å². The summed E-state index contributed by atoms with van der Waals surface area (Å²) in [6.45, 7) is 8.20. The van der Waals surface area contributed by atoms with Gasteiger partial charge >= 0.3 is 0 Å². The lowest BCUT2D eigenvalue weighted by Crippen LogP contribution is -2.39. The van der Waals surface area contributed by atoms with Crippen molar-refractivity contribution in [3.8, 4) is 0 Å². The Morgan fingerprint density at radius 1 is 1.38 bits per heavy atom. The summed E-state index contributed by atoms with van der Waals surface area (Å²) >= 11 is 0. The van der Waals surface area contributed by atoms with Gasteiger partial charge in [0.15, 0.2) is 0 Å². The van der Waals surface area contributed by atoms with Crippen LogP contribution in [-0.4, -0.2) is 37.3 Å². The quantitative estimate of drug-likeness (QED) is 0.908. The molecule has 0 unspecified atom stereocenters. The highest BCUT2D eigenvalue weighted by Crippen LogP contribution is 2.29. The van der Waals surface area contributed by atoms with Gasteiger partial charge in [-0.2, -0.15) is 4.31 Å². The number of rotatable bonds is 5. The lowest BCUT2D eigenvalue weighted by atomic mass is 9.87. The number of nitrogens with one attached hydrogen (secondary N) is 1. The molecule has 0 atom stereocenters. The molecule has 0 radical (unpaired) electrons. The van der Waals surface area contributed by atoms with Crippen LogP contribution in [0.25, 0.3) is 0 Å². The Balaban J connectivity index is 2.20. The molecule has 0 aromatic carbocycles. The van der Waals surface area contributed by atoms with Crippen molar-refractivity contribution in [1.82, 2.24) is 9.29 Å². The van der Waals surface area contributed by atoms with E-state index >= 15 is 0 Å². The molecule has 0 saturated carbocycles. The number of hydrogen-bond acceptors (Lipinski definition) is 4. The fraction of sp³-hybridized carbons (Fsp3) is 0.667. The van der Waals surface area contributed by atoms with Crippen LogP contribution in [0.4, 0.5) is 5.82 Å². The largest absolute Gasteiger partial charge is 0.369 e. The smallest absolute Gasteiger partial charge is 0.246 e. The molecule has 1 fully saturated rings. The fourth-order valence-corrected chi connectivity index (χ4v) is 4.41. The molecule has 0 aliphatic carbocycles. The van der Waals surface area contributed by atoms with Crippen molar-refractivity contribution in [2.45, 2.75) is 38.5 Å². The number of hydrogen-bond donors (Lipinski definition) is 1. The Kier molecular flexibility index (Phi) is 5.22. The molecule has 21 heavy (non-hydrogen) atoms. The minimum Gasteiger partial charge on any atom is -0.369 e. The minimum atomic E-state index is -3.46. The predicted molar refractivity (Wildman–Crippen MR) is 84.7 cm³/mol. The lowest BCUT2D eigenvalue weighted by Gasteiger charge is -2.33. The van der Waals surface area contributed by atoms with Crippen LogP contribution in [0.15, 0.2) is 23.2 Å². The van der Waals surface area contributed by atoms with Gasteiger partial charge in [-0.1, -0.05) is 13.8 Å². The van der Waals surface area contributed by atoms with Gasteiger partial charge in [0.1, 0.15) is 10.7 Å². The van der Waals surface area contributed by atoms with Crippen LogP contribution < -0.4 is 5.32 Å². The molecule has 1 aromatic rings. The number of nitrogens with zero attached hydrogens (tertiary/aromatic N) is 2. The zero-order valence-electron chi connectivity index (χ0n) is 13.0. The van der Waals surface area contributed by atoms with E-state index in [-0.39, 0.29) is 4.90 Å². The molecule has 6 heteroatoms. The molecule has 1 N–H and O–H groups in total. The second kappa shape index (κ2) is 6.75. The Hall–Kier alpha value is -1.14. The van der Waals surface area contributed by atoms with Gasteiger partial charge in [0.25, 0.3) is 0 Å². The summed E-state index contributed by atoms with van der Waals surface area (Å²) in [5, 5.41) is 3.03. The number of sulfonamides is 1. The van der Waals surface area contributed by atoms with Crippen LogP contribution in [0.2, 0.25) is 0 Å². The van der Waals surface area contributed by atoms with E-state index in [1.54, 1.807) is 22.6 Å². The first-order valence-corrected chi connectivity index (χ1v) is 9.09. The van der Waals surface area contributed by atoms with Crippen molar-refractivity contribution < 1.29 is 8.42 Å². The summed E-state index contributed by atoms with van der Waals surface area (Å²) < 4.78 is 27.2. The van der Waals surface area contributed by atoms with E-state index in [1.165, 1.54) is 0 Å². The summed E-state index contributed by atoms with van der Waals surface area (Å²) in [6, 6.07) is 3.31. The summed E-state index contributed by atoms with van der Waals surface area (Å²) in [5.41, 5.74) is 0. The molecule has 2 rings (SSSR count). The second-order valence-electron chi connectivity index (χ2n) is 5.87. The van der Waals surface area contributed by atoms with Crippen LogP contribution in [0.3, 0.4) is 0 Å². The summed E-state index contributed by atoms with van der Waals surface area (Å²) in [4.78, 5) is 4.44. The van der Waals surface area contributed by atoms with Crippen molar-refractivity contribution in [1.29, 1.82) is 0 Å². The molecule has 1 aliphatic rings. The van der Waals surface area contributed by atoms with Crippen LogP contribution >= 0.6 is 0 Å². The molecule has 0 bridgehead atoms. The molecule has 2 heterocycles. The Bertz CT molecular complexity index is 564. The van der Waals surface area contributed by atoms with E-state index < -0.39 is 10.0 Å². The Morgan fingerprint density at radius 3 is 2.62 bits per heavy atom. The molecule has 118 valence electrons. The van der Waals surface area contributed by atoms with Crippen molar-refractivity contribution in [2.75, 3.05) is 25.0 Å². The monoisotopic (exact) mass is 311 g/mol. The summed E-state index contributed by atoms with van der Waals surface area (Å²) in [7, 11) is -3.46. The van der Waals surface area contributed by atoms with Crippen molar-refractivity contribution in [3.05, 3.63) is 18.3 Å². The SMILES string of the molecule is CCNc1ncccc1S(=O)(=O)N1CCC(C(C)C)CC1. The number of pyridine rings is 1. The zero-order chi connectivity index (χ0) is 15.5. The van der Waals surface area contributed by atoms with Gasteiger partial charge in [0.2, 0.25) is 10.0 Å². The van der Waals surface area contributed by atoms with E-state index in [9.17, 15) is 8.42 Å². The van der Waals surface area contributed by atoms with E-state index in [2.05, 4.69) is 24.1 Å². The third kappa shape index (κ3) is 3.55. The zero-order valence-corrected chi connectivity index (χ0v) is 13.9. The van der Waals surface area contributed by atoms with Crippen molar-refractivity contribution >= 4 is 15.8 Å². The normalized spacial score (nSPS) is 18.1. The van der Waals surface area contributed by atoms with Gasteiger partial charge in [-0.05, 0) is 43.7 Å². The van der Waals surface area contributed by atoms with Crippen molar-refractivity contribution in [2.24, 2.45) is 11.8 Å². The maximum absolute atomic E-state index is 12.8. The molecule has 0 spiro atoms. The predicted octanol–water partition coefficient (Wildman–Crippen LogP) is 2.57. The number of anilines is 1. The first kappa shape index (κ1) is 16.2. The molecule has 1 aliphatic heterocycles. The summed E-state index contributed by atoms with van der Waals surface area (Å²) in [6.07, 6.45) is 3.49. The lowest BCUT2D eigenvalue weighted by molar-refractivity contribution is 0.226. The van der Waals surface area contributed by atoms with Crippen LogP contribution in [0.5, 0.6) is 0 Å². The minimum absolute atomic E-state index is 0.287. The first-order valence-electron chi connectivity index (χ1n) is 7.65. The topological polar surface area (TPSA) is 62.3 Å². The highest BCUT2D eigenvalue weighted by molar-refractivity contribution is 7.89. The second-order valence-corrected chi connectivity index (χ2v) is 7.77. The standard InChI is InChI=1S/C15H25N3O2S/c1-4-16-15-14(6-5-9-17-15)21(19,20)18-10-7-13(8-11-18)12(2)3/h5-6,9,12-13H,4,7-8,10-11H2,1-3H3,(H,16,17). The van der Waals surface area contributed by atoms with Crippen molar-refractivity contribution in [3.63, 3.8) is 0 Å². The molecular formula is C15H25N3O2S. The molecule has 5 nitrogen and oxygen atoms in total. The van der Waals surface area contributed by atoms with Crippen LogP contribution in [-0.2, 0) is 10.0 Å². The third-order valence-electron chi connectivity index (χ3n) is 4.17. The molecule has 1 aromatic heterocycles. The number of aromatic nitrogens is 1.